The average molecular weight is 338 g/mol. The molecule has 1 unspecified atom stereocenters. The van der Waals surface area contributed by atoms with E-state index >= 15 is 0 Å². The zero-order valence-electron chi connectivity index (χ0n) is 14.0. The third kappa shape index (κ3) is 2.39. The lowest BCUT2D eigenvalue weighted by atomic mass is 9.98. The van der Waals surface area contributed by atoms with Crippen molar-refractivity contribution in [1.82, 2.24) is 9.97 Å². The van der Waals surface area contributed by atoms with Gasteiger partial charge in [-0.05, 0) is 25.0 Å². The summed E-state index contributed by atoms with van der Waals surface area (Å²) in [6.07, 6.45) is 0.805. The molecule has 1 aliphatic rings. The molecule has 2 aromatic heterocycles. The monoisotopic (exact) mass is 338 g/mol. The average Bonchev–Trinajstić information content (AvgIpc) is 3.01. The van der Waals surface area contributed by atoms with E-state index in [1.807, 2.05) is 24.0 Å². The Hall–Kier alpha value is -3.09. The number of ether oxygens (including phenoxy) is 1. The minimum Gasteiger partial charge on any atom is -0.481 e. The number of aromatic amines is 1. The molecule has 0 bridgehead atoms. The van der Waals surface area contributed by atoms with Crippen LogP contribution in [0.4, 0.5) is 11.5 Å². The molecule has 25 heavy (non-hydrogen) atoms. The second kappa shape index (κ2) is 5.77. The zero-order valence-corrected chi connectivity index (χ0v) is 14.0. The molecule has 7 nitrogen and oxygen atoms in total. The van der Waals surface area contributed by atoms with Gasteiger partial charge in [-0.2, -0.15) is 4.98 Å². The van der Waals surface area contributed by atoms with Gasteiger partial charge in [-0.1, -0.05) is 18.2 Å². The molecule has 0 aliphatic carbocycles. The van der Waals surface area contributed by atoms with Gasteiger partial charge in [0.25, 0.3) is 0 Å². The molecule has 0 fully saturated rings. The van der Waals surface area contributed by atoms with Gasteiger partial charge in [0.1, 0.15) is 0 Å². The summed E-state index contributed by atoms with van der Waals surface area (Å²) in [6, 6.07) is 11.1. The van der Waals surface area contributed by atoms with Gasteiger partial charge in [0.15, 0.2) is 0 Å². The van der Waals surface area contributed by atoms with Crippen LogP contribution in [0.25, 0.3) is 10.9 Å². The summed E-state index contributed by atoms with van der Waals surface area (Å²) in [6.45, 7) is 2.70. The van der Waals surface area contributed by atoms with Crippen molar-refractivity contribution in [2.75, 3.05) is 18.6 Å². The second-order valence-electron chi connectivity index (χ2n) is 6.14. The molecule has 0 radical (unpaired) electrons. The Kier molecular flexibility index (Phi) is 3.56. The Morgan fingerprint density at radius 3 is 2.88 bits per heavy atom. The Morgan fingerprint density at radius 1 is 1.32 bits per heavy atom. The summed E-state index contributed by atoms with van der Waals surface area (Å²) in [5.41, 5.74) is 3.46. The zero-order chi connectivity index (χ0) is 17.6. The van der Waals surface area contributed by atoms with Crippen LogP contribution >= 0.6 is 0 Å². The Balaban J connectivity index is 1.82. The summed E-state index contributed by atoms with van der Waals surface area (Å²) < 4.78 is 5.16. The van der Waals surface area contributed by atoms with E-state index < -0.39 is 4.92 Å². The molecule has 0 saturated carbocycles. The number of nitrogens with one attached hydrogen (secondary N) is 1. The smallest absolute Gasteiger partial charge is 0.311 e. The van der Waals surface area contributed by atoms with Gasteiger partial charge in [-0.3, -0.25) is 10.1 Å². The number of anilines is 1. The number of hydrogen-bond acceptors (Lipinski definition) is 5. The predicted octanol–water partition coefficient (Wildman–Crippen LogP) is 3.60. The van der Waals surface area contributed by atoms with Crippen LogP contribution in [0.15, 0.2) is 36.4 Å². The van der Waals surface area contributed by atoms with Crippen LogP contribution in [0, 0.1) is 10.1 Å². The molecule has 128 valence electrons. The second-order valence-corrected chi connectivity index (χ2v) is 6.14. The fourth-order valence-electron chi connectivity index (χ4n) is 3.61. The molecule has 0 spiro atoms. The third-order valence-electron chi connectivity index (χ3n) is 4.84. The van der Waals surface area contributed by atoms with E-state index in [2.05, 4.69) is 22.1 Å². The quantitative estimate of drug-likeness (QED) is 0.582. The van der Waals surface area contributed by atoms with Crippen LogP contribution in [0.3, 0.4) is 0 Å². The molecule has 7 heteroatoms. The molecule has 0 saturated heterocycles. The van der Waals surface area contributed by atoms with E-state index in [-0.39, 0.29) is 11.7 Å². The SMILES string of the molecule is COc1ccc([N+](=O)[O-])c(N2CCc3c([nH]c4ccccc34)C2C)n1. The standard InChI is InChI=1S/C18H18N4O3/c1-11-17-13(12-5-3-4-6-14(12)19-17)9-10-21(11)18-15(22(23)24)7-8-16(20-18)25-2/h3-8,11,19H,9-10H2,1-2H3. The molecular weight excluding hydrogens is 320 g/mol. The Morgan fingerprint density at radius 2 is 2.12 bits per heavy atom. The lowest BCUT2D eigenvalue weighted by Gasteiger charge is -2.34. The number of nitro groups is 1. The number of pyridine rings is 1. The summed E-state index contributed by atoms with van der Waals surface area (Å²) in [7, 11) is 1.51. The van der Waals surface area contributed by atoms with Gasteiger partial charge in [0.05, 0.1) is 18.1 Å². The topological polar surface area (TPSA) is 84.3 Å². The van der Waals surface area contributed by atoms with E-state index in [9.17, 15) is 10.1 Å². The number of aromatic nitrogens is 2. The fraction of sp³-hybridized carbons (Fsp3) is 0.278. The van der Waals surface area contributed by atoms with Gasteiger partial charge in [-0.25, -0.2) is 0 Å². The Labute approximate surface area is 144 Å². The van der Waals surface area contributed by atoms with Crippen LogP contribution in [0.5, 0.6) is 5.88 Å². The highest BCUT2D eigenvalue weighted by atomic mass is 16.6. The molecule has 1 atom stereocenters. The van der Waals surface area contributed by atoms with Crippen molar-refractivity contribution >= 4 is 22.4 Å². The van der Waals surface area contributed by atoms with Crippen LogP contribution in [0.1, 0.15) is 24.2 Å². The molecule has 0 amide bonds. The summed E-state index contributed by atoms with van der Waals surface area (Å²) in [5, 5.41) is 12.7. The van der Waals surface area contributed by atoms with Gasteiger partial charge in [0, 0.05) is 35.3 Å². The molecule has 1 aromatic carbocycles. The molecule has 4 rings (SSSR count). The molecule has 1 aliphatic heterocycles. The fourth-order valence-corrected chi connectivity index (χ4v) is 3.61. The van der Waals surface area contributed by atoms with Crippen molar-refractivity contribution < 1.29 is 9.66 Å². The number of fused-ring (bicyclic) bond motifs is 3. The molecule has 1 N–H and O–H groups in total. The first kappa shape index (κ1) is 15.4. The maximum absolute atomic E-state index is 11.4. The van der Waals surface area contributed by atoms with Crippen LogP contribution < -0.4 is 9.64 Å². The van der Waals surface area contributed by atoms with E-state index in [1.54, 1.807) is 0 Å². The van der Waals surface area contributed by atoms with E-state index in [0.29, 0.717) is 18.2 Å². The molecule has 3 aromatic rings. The van der Waals surface area contributed by atoms with E-state index in [4.69, 9.17) is 4.74 Å². The van der Waals surface area contributed by atoms with Gasteiger partial charge >= 0.3 is 5.69 Å². The van der Waals surface area contributed by atoms with Crippen molar-refractivity contribution in [1.29, 1.82) is 0 Å². The summed E-state index contributed by atoms with van der Waals surface area (Å²) >= 11 is 0. The van der Waals surface area contributed by atoms with E-state index in [1.165, 1.54) is 30.2 Å². The number of nitrogens with zero attached hydrogens (tertiary/aromatic N) is 3. The van der Waals surface area contributed by atoms with Crippen molar-refractivity contribution in [3.63, 3.8) is 0 Å². The molecule has 3 heterocycles. The van der Waals surface area contributed by atoms with Gasteiger partial charge in [0.2, 0.25) is 11.7 Å². The van der Waals surface area contributed by atoms with Crippen molar-refractivity contribution in [2.24, 2.45) is 0 Å². The number of methoxy groups -OCH3 is 1. The third-order valence-corrected chi connectivity index (χ3v) is 4.84. The van der Waals surface area contributed by atoms with Crippen molar-refractivity contribution in [2.45, 2.75) is 19.4 Å². The molecular formula is C18H18N4O3. The first-order valence-corrected chi connectivity index (χ1v) is 8.15. The van der Waals surface area contributed by atoms with Crippen LogP contribution in [-0.2, 0) is 6.42 Å². The van der Waals surface area contributed by atoms with Crippen LogP contribution in [0.2, 0.25) is 0 Å². The number of benzene rings is 1. The minimum atomic E-state index is -0.394. The number of hydrogen-bond donors (Lipinski definition) is 1. The maximum atomic E-state index is 11.4. The number of para-hydroxylation sites is 1. The van der Waals surface area contributed by atoms with Gasteiger partial charge < -0.3 is 14.6 Å². The highest BCUT2D eigenvalue weighted by Gasteiger charge is 2.32. The maximum Gasteiger partial charge on any atom is 0.311 e. The summed E-state index contributed by atoms with van der Waals surface area (Å²) in [4.78, 5) is 20.9. The first-order valence-electron chi connectivity index (χ1n) is 8.15. The lowest BCUT2D eigenvalue weighted by molar-refractivity contribution is -0.384. The highest BCUT2D eigenvalue weighted by Crippen LogP contribution is 2.39. The predicted molar refractivity (Wildman–Crippen MR) is 95.2 cm³/mol. The normalized spacial score (nSPS) is 16.7. The Bertz CT molecular complexity index is 966. The summed E-state index contributed by atoms with van der Waals surface area (Å²) in [5.74, 6) is 0.719. The lowest BCUT2D eigenvalue weighted by Crippen LogP contribution is -2.35. The van der Waals surface area contributed by atoms with Crippen molar-refractivity contribution in [3.8, 4) is 5.88 Å². The van der Waals surface area contributed by atoms with Crippen LogP contribution in [-0.4, -0.2) is 28.5 Å². The van der Waals surface area contributed by atoms with Crippen molar-refractivity contribution in [3.05, 3.63) is 57.8 Å². The van der Waals surface area contributed by atoms with E-state index in [0.717, 1.165) is 17.6 Å². The minimum absolute atomic E-state index is 0.00721. The highest BCUT2D eigenvalue weighted by molar-refractivity contribution is 5.85. The number of H-pyrrole nitrogens is 1. The number of rotatable bonds is 3. The largest absolute Gasteiger partial charge is 0.481 e. The van der Waals surface area contributed by atoms with Gasteiger partial charge in [-0.15, -0.1) is 0 Å². The first-order chi connectivity index (χ1) is 12.1.